The fourth-order valence-corrected chi connectivity index (χ4v) is 2.13. The number of nitrogens with two attached hydrogens (primary N) is 1. The minimum atomic E-state index is -0.133. The van der Waals surface area contributed by atoms with Gasteiger partial charge in [0.05, 0.1) is 12.6 Å². The van der Waals surface area contributed by atoms with Gasteiger partial charge < -0.3 is 20.7 Å². The Morgan fingerprint density at radius 2 is 2.35 bits per heavy atom. The maximum absolute atomic E-state index is 12.1. The number of nitrogen functional groups attached to an aromatic ring is 1. The Hall–Kier alpha value is -1.34. The molecule has 1 aromatic rings. The summed E-state index contributed by atoms with van der Waals surface area (Å²) in [5.74, 6) is 0.131. The lowest BCUT2D eigenvalue weighted by Crippen LogP contribution is -2.37. The third kappa shape index (κ3) is 3.07. The second-order valence-corrected chi connectivity index (χ2v) is 4.70. The fraction of sp³-hybridized carbons (Fsp3) is 0.600. The van der Waals surface area contributed by atoms with Crippen molar-refractivity contribution in [3.63, 3.8) is 0 Å². The van der Waals surface area contributed by atoms with Gasteiger partial charge in [-0.1, -0.05) is 11.3 Å². The second-order valence-electron chi connectivity index (χ2n) is 3.70. The Morgan fingerprint density at radius 1 is 1.71 bits per heavy atom. The molecule has 0 saturated carbocycles. The molecule has 1 heterocycles. The molecular weight excluding hydrogens is 240 g/mol. The SMILES string of the molecule is CNc1nc(N)c(C(=O)N(C)C(C)COC)s1. The van der Waals surface area contributed by atoms with E-state index >= 15 is 0 Å². The molecule has 1 atom stereocenters. The highest BCUT2D eigenvalue weighted by Gasteiger charge is 2.22. The number of ether oxygens (including phenoxy) is 1. The first-order chi connectivity index (χ1) is 8.01. The topological polar surface area (TPSA) is 80.5 Å². The zero-order valence-corrected chi connectivity index (χ0v) is 11.3. The average Bonchev–Trinajstić information content (AvgIpc) is 2.69. The number of likely N-dealkylation sites (N-methyl/N-ethyl adjacent to an activating group) is 1. The molecule has 17 heavy (non-hydrogen) atoms. The molecule has 1 rings (SSSR count). The summed E-state index contributed by atoms with van der Waals surface area (Å²) in [4.78, 5) is 18.3. The second kappa shape index (κ2) is 5.83. The first kappa shape index (κ1) is 13.7. The van der Waals surface area contributed by atoms with E-state index in [-0.39, 0.29) is 17.8 Å². The minimum Gasteiger partial charge on any atom is -0.383 e. The first-order valence-corrected chi connectivity index (χ1v) is 6.03. The lowest BCUT2D eigenvalue weighted by atomic mass is 10.3. The predicted octanol–water partition coefficient (Wildman–Crippen LogP) is 0.874. The van der Waals surface area contributed by atoms with E-state index < -0.39 is 0 Å². The fourth-order valence-electron chi connectivity index (χ4n) is 1.31. The van der Waals surface area contributed by atoms with Crippen molar-refractivity contribution in [2.24, 2.45) is 0 Å². The van der Waals surface area contributed by atoms with Gasteiger partial charge in [0.2, 0.25) is 0 Å². The van der Waals surface area contributed by atoms with Crippen LogP contribution < -0.4 is 11.1 Å². The normalized spacial score (nSPS) is 12.2. The number of aromatic nitrogens is 1. The number of nitrogens with one attached hydrogen (secondary N) is 1. The molecular formula is C10H18N4O2S. The van der Waals surface area contributed by atoms with Crippen LogP contribution >= 0.6 is 11.3 Å². The molecule has 96 valence electrons. The van der Waals surface area contributed by atoms with E-state index in [0.717, 1.165) is 0 Å². The summed E-state index contributed by atoms with van der Waals surface area (Å²) in [6, 6.07) is -0.00737. The lowest BCUT2D eigenvalue weighted by Gasteiger charge is -2.23. The zero-order chi connectivity index (χ0) is 13.0. The molecule has 1 unspecified atom stereocenters. The number of hydrogen-bond acceptors (Lipinski definition) is 6. The van der Waals surface area contributed by atoms with Crippen molar-refractivity contribution in [3.05, 3.63) is 4.88 Å². The summed E-state index contributed by atoms with van der Waals surface area (Å²) in [5, 5.41) is 3.51. The zero-order valence-electron chi connectivity index (χ0n) is 10.5. The Kier molecular flexibility index (Phi) is 4.71. The maximum atomic E-state index is 12.1. The molecule has 0 aliphatic carbocycles. The van der Waals surface area contributed by atoms with Crippen LogP contribution in [0.15, 0.2) is 0 Å². The van der Waals surface area contributed by atoms with Crippen molar-refractivity contribution in [3.8, 4) is 0 Å². The van der Waals surface area contributed by atoms with Crippen LogP contribution in [-0.2, 0) is 4.74 Å². The maximum Gasteiger partial charge on any atom is 0.267 e. The standard InChI is InChI=1S/C10H18N4O2S/c1-6(5-16-4)14(3)9(15)7-8(11)13-10(12-2)17-7/h6H,5,11H2,1-4H3,(H,12,13). The molecule has 0 saturated heterocycles. The molecule has 0 bridgehead atoms. The van der Waals surface area contributed by atoms with Gasteiger partial charge in [-0.25, -0.2) is 4.98 Å². The number of anilines is 2. The number of amides is 1. The van der Waals surface area contributed by atoms with Crippen molar-refractivity contribution in [1.29, 1.82) is 0 Å². The molecule has 0 radical (unpaired) electrons. The Labute approximate surface area is 105 Å². The quantitative estimate of drug-likeness (QED) is 0.819. The molecule has 7 heteroatoms. The van der Waals surface area contributed by atoms with Crippen molar-refractivity contribution >= 4 is 28.2 Å². The summed E-state index contributed by atoms with van der Waals surface area (Å²) in [7, 11) is 5.07. The van der Waals surface area contributed by atoms with E-state index in [1.165, 1.54) is 11.3 Å². The molecule has 0 spiro atoms. The third-order valence-corrected chi connectivity index (χ3v) is 3.53. The highest BCUT2D eigenvalue weighted by atomic mass is 32.1. The number of carbonyl (C=O) groups excluding carboxylic acids is 1. The summed E-state index contributed by atoms with van der Waals surface area (Å²) < 4.78 is 5.02. The van der Waals surface area contributed by atoms with E-state index in [2.05, 4.69) is 10.3 Å². The van der Waals surface area contributed by atoms with Crippen LogP contribution in [0.1, 0.15) is 16.6 Å². The van der Waals surface area contributed by atoms with Gasteiger partial charge in [0.25, 0.3) is 5.91 Å². The van der Waals surface area contributed by atoms with E-state index in [0.29, 0.717) is 16.6 Å². The number of methoxy groups -OCH3 is 1. The molecule has 0 fully saturated rings. The van der Waals surface area contributed by atoms with Crippen LogP contribution in [-0.4, -0.2) is 49.6 Å². The number of nitrogens with zero attached hydrogens (tertiary/aromatic N) is 2. The van der Waals surface area contributed by atoms with Crippen LogP contribution in [0, 0.1) is 0 Å². The van der Waals surface area contributed by atoms with E-state index in [1.807, 2.05) is 6.92 Å². The van der Waals surface area contributed by atoms with Gasteiger partial charge in [0.15, 0.2) is 5.13 Å². The van der Waals surface area contributed by atoms with Gasteiger partial charge in [-0.15, -0.1) is 0 Å². The molecule has 1 aromatic heterocycles. The smallest absolute Gasteiger partial charge is 0.267 e. The number of rotatable bonds is 5. The van der Waals surface area contributed by atoms with Gasteiger partial charge in [-0.3, -0.25) is 4.79 Å². The van der Waals surface area contributed by atoms with Crippen molar-refractivity contribution in [2.45, 2.75) is 13.0 Å². The van der Waals surface area contributed by atoms with Crippen LogP contribution in [0.4, 0.5) is 10.9 Å². The van der Waals surface area contributed by atoms with Crippen LogP contribution in [0.25, 0.3) is 0 Å². The van der Waals surface area contributed by atoms with Crippen molar-refractivity contribution < 1.29 is 9.53 Å². The van der Waals surface area contributed by atoms with E-state index in [4.69, 9.17) is 10.5 Å². The largest absolute Gasteiger partial charge is 0.383 e. The number of thiazole rings is 1. The monoisotopic (exact) mass is 258 g/mol. The summed E-state index contributed by atoms with van der Waals surface area (Å²) in [6.07, 6.45) is 0. The molecule has 1 amide bonds. The highest BCUT2D eigenvalue weighted by molar-refractivity contribution is 7.18. The summed E-state index contributed by atoms with van der Waals surface area (Å²) >= 11 is 1.25. The van der Waals surface area contributed by atoms with E-state index in [1.54, 1.807) is 26.1 Å². The molecule has 0 aromatic carbocycles. The van der Waals surface area contributed by atoms with Gasteiger partial charge in [-0.2, -0.15) is 0 Å². The van der Waals surface area contributed by atoms with Gasteiger partial charge >= 0.3 is 0 Å². The Morgan fingerprint density at radius 3 is 2.82 bits per heavy atom. The number of hydrogen-bond donors (Lipinski definition) is 2. The van der Waals surface area contributed by atoms with Gasteiger partial charge in [-0.05, 0) is 6.92 Å². The molecule has 6 nitrogen and oxygen atoms in total. The summed E-state index contributed by atoms with van der Waals surface area (Å²) in [6.45, 7) is 2.40. The van der Waals surface area contributed by atoms with Crippen molar-refractivity contribution in [1.82, 2.24) is 9.88 Å². The van der Waals surface area contributed by atoms with Gasteiger partial charge in [0, 0.05) is 21.2 Å². The minimum absolute atomic E-state index is 0.00737. The molecule has 0 aliphatic heterocycles. The Balaban J connectivity index is 2.84. The van der Waals surface area contributed by atoms with Crippen molar-refractivity contribution in [2.75, 3.05) is 38.9 Å². The van der Waals surface area contributed by atoms with Gasteiger partial charge in [0.1, 0.15) is 10.7 Å². The van der Waals surface area contributed by atoms with Crippen LogP contribution in [0.5, 0.6) is 0 Å². The predicted molar refractivity (Wildman–Crippen MR) is 69.5 cm³/mol. The Bertz CT molecular complexity index is 394. The third-order valence-electron chi connectivity index (χ3n) is 2.45. The summed E-state index contributed by atoms with van der Waals surface area (Å²) in [5.41, 5.74) is 5.71. The molecule has 3 N–H and O–H groups in total. The molecule has 0 aliphatic rings. The average molecular weight is 258 g/mol. The number of carbonyl (C=O) groups is 1. The lowest BCUT2D eigenvalue weighted by molar-refractivity contribution is 0.0639. The first-order valence-electron chi connectivity index (χ1n) is 5.21. The van der Waals surface area contributed by atoms with E-state index in [9.17, 15) is 4.79 Å². The van der Waals surface area contributed by atoms with Crippen LogP contribution in [0.3, 0.4) is 0 Å². The highest BCUT2D eigenvalue weighted by Crippen LogP contribution is 2.26. The van der Waals surface area contributed by atoms with Crippen LogP contribution in [0.2, 0.25) is 0 Å².